The van der Waals surface area contributed by atoms with Crippen LogP contribution in [0, 0.1) is 22.7 Å². The molecule has 8 nitrogen and oxygen atoms in total. The molecule has 0 saturated carbocycles. The first kappa shape index (κ1) is 12.9. The van der Waals surface area contributed by atoms with Crippen LogP contribution in [0.15, 0.2) is 35.7 Å². The van der Waals surface area contributed by atoms with Gasteiger partial charge in [0.2, 0.25) is 0 Å². The summed E-state index contributed by atoms with van der Waals surface area (Å²) in [5, 5.41) is 17.3. The fourth-order valence-corrected chi connectivity index (χ4v) is 1.69. The Hall–Kier alpha value is -3.52. The molecule has 4 amide bonds. The van der Waals surface area contributed by atoms with Crippen molar-refractivity contribution in [2.24, 2.45) is 0 Å². The fourth-order valence-electron chi connectivity index (χ4n) is 1.69. The van der Waals surface area contributed by atoms with Gasteiger partial charge in [-0.3, -0.25) is 19.2 Å². The van der Waals surface area contributed by atoms with Gasteiger partial charge in [0.15, 0.2) is 0 Å². The Morgan fingerprint density at radius 2 is 1.25 bits per heavy atom. The third-order valence-electron chi connectivity index (χ3n) is 2.60. The molecule has 8 heteroatoms. The van der Waals surface area contributed by atoms with E-state index < -0.39 is 40.6 Å². The second-order valence-electron chi connectivity index (χ2n) is 3.71. The minimum absolute atomic E-state index is 0.427. The van der Waals surface area contributed by atoms with Crippen LogP contribution in [0.1, 0.15) is 0 Å². The molecular formula is C12H4N4O4. The van der Waals surface area contributed by atoms with Crippen LogP contribution >= 0.6 is 0 Å². The van der Waals surface area contributed by atoms with Crippen molar-refractivity contribution < 1.29 is 19.2 Å². The van der Waals surface area contributed by atoms with Gasteiger partial charge in [0.1, 0.15) is 29.1 Å². The highest BCUT2D eigenvalue weighted by Crippen LogP contribution is 2.24. The Balaban J connectivity index is 2.33. The van der Waals surface area contributed by atoms with Gasteiger partial charge in [-0.1, -0.05) is 6.58 Å². The van der Waals surface area contributed by atoms with Crippen LogP contribution in [0.25, 0.3) is 0 Å². The number of imide groups is 2. The van der Waals surface area contributed by atoms with Gasteiger partial charge >= 0.3 is 0 Å². The molecule has 0 spiro atoms. The van der Waals surface area contributed by atoms with Crippen LogP contribution in [-0.2, 0) is 19.2 Å². The molecule has 0 aromatic rings. The first-order valence-corrected chi connectivity index (χ1v) is 5.11. The first-order valence-electron chi connectivity index (χ1n) is 5.11. The normalized spacial score (nSPS) is 17.9. The van der Waals surface area contributed by atoms with Crippen LogP contribution in [0.2, 0.25) is 0 Å². The Kier molecular flexibility index (Phi) is 2.78. The van der Waals surface area contributed by atoms with Crippen molar-refractivity contribution in [3.8, 4) is 12.1 Å². The van der Waals surface area contributed by atoms with Crippen LogP contribution in [0.3, 0.4) is 0 Å². The van der Waals surface area contributed by atoms with E-state index in [1.165, 1.54) is 12.1 Å². The van der Waals surface area contributed by atoms with Crippen LogP contribution in [0.4, 0.5) is 0 Å². The number of hydrogen-bond acceptors (Lipinski definition) is 6. The predicted octanol–water partition coefficient (Wildman–Crippen LogP) is -0.905. The largest absolute Gasteiger partial charge is 0.277 e. The summed E-state index contributed by atoms with van der Waals surface area (Å²) < 4.78 is 0. The maximum atomic E-state index is 11.7. The van der Waals surface area contributed by atoms with E-state index in [-0.39, 0.29) is 0 Å². The average molecular weight is 268 g/mol. The number of carbonyl (C=O) groups excluding carboxylic acids is 4. The SMILES string of the molecule is C=C(N1C(=O)C=C(C#N)C1=O)N1C(=O)C=C(C#N)C1=O. The number of amides is 4. The molecule has 0 atom stereocenters. The van der Waals surface area contributed by atoms with E-state index in [9.17, 15) is 19.2 Å². The Bertz CT molecular complexity index is 682. The number of carbonyl (C=O) groups is 4. The van der Waals surface area contributed by atoms with Crippen LogP contribution < -0.4 is 0 Å². The van der Waals surface area contributed by atoms with Gasteiger partial charge in [-0.05, 0) is 0 Å². The topological polar surface area (TPSA) is 122 Å². The van der Waals surface area contributed by atoms with Gasteiger partial charge in [0.25, 0.3) is 23.6 Å². The summed E-state index contributed by atoms with van der Waals surface area (Å²) in [4.78, 5) is 47.5. The Labute approximate surface area is 112 Å². The average Bonchev–Trinajstić information content (AvgIpc) is 2.85. The Morgan fingerprint density at radius 3 is 1.50 bits per heavy atom. The van der Waals surface area contributed by atoms with Crippen molar-refractivity contribution in [3.05, 3.63) is 35.7 Å². The number of nitriles is 2. The van der Waals surface area contributed by atoms with E-state index in [1.807, 2.05) is 0 Å². The molecule has 2 rings (SSSR count). The van der Waals surface area contributed by atoms with E-state index in [0.29, 0.717) is 9.80 Å². The van der Waals surface area contributed by atoms with Gasteiger partial charge in [-0.25, -0.2) is 9.80 Å². The lowest BCUT2D eigenvalue weighted by Crippen LogP contribution is -2.42. The zero-order chi connectivity index (χ0) is 15.0. The van der Waals surface area contributed by atoms with Crippen molar-refractivity contribution in [1.82, 2.24) is 9.80 Å². The highest BCUT2D eigenvalue weighted by Gasteiger charge is 2.41. The van der Waals surface area contributed by atoms with Gasteiger partial charge < -0.3 is 0 Å². The molecule has 2 aliphatic rings. The maximum Gasteiger partial charge on any atom is 0.277 e. The molecule has 0 aromatic heterocycles. The highest BCUT2D eigenvalue weighted by atomic mass is 16.2. The fraction of sp³-hybridized carbons (Fsp3) is 0. The van der Waals surface area contributed by atoms with E-state index in [1.54, 1.807) is 0 Å². The van der Waals surface area contributed by atoms with Crippen molar-refractivity contribution >= 4 is 23.6 Å². The molecule has 0 unspecified atom stereocenters. The summed E-state index contributed by atoms with van der Waals surface area (Å²) in [6.45, 7) is 3.34. The van der Waals surface area contributed by atoms with Gasteiger partial charge in [0, 0.05) is 12.2 Å². The number of rotatable bonds is 2. The quantitative estimate of drug-likeness (QED) is 0.598. The van der Waals surface area contributed by atoms with Crippen LogP contribution in [-0.4, -0.2) is 33.4 Å². The van der Waals surface area contributed by atoms with E-state index in [2.05, 4.69) is 6.58 Å². The van der Waals surface area contributed by atoms with E-state index in [0.717, 1.165) is 12.2 Å². The third kappa shape index (κ3) is 1.61. The van der Waals surface area contributed by atoms with Crippen molar-refractivity contribution in [3.63, 3.8) is 0 Å². The third-order valence-corrected chi connectivity index (χ3v) is 2.60. The van der Waals surface area contributed by atoms with Gasteiger partial charge in [0.05, 0.1) is 0 Å². The summed E-state index contributed by atoms with van der Waals surface area (Å²) in [6, 6.07) is 3.03. The zero-order valence-electron chi connectivity index (χ0n) is 9.78. The standard InChI is InChI=1S/C12H4N4O4/c1-6(15-9(17)2-7(4-13)11(15)19)16-10(18)3-8(5-14)12(16)20/h2-3H,1H2. The molecule has 0 N–H and O–H groups in total. The van der Waals surface area contributed by atoms with Gasteiger partial charge in [-0.2, -0.15) is 10.5 Å². The summed E-state index contributed by atoms with van der Waals surface area (Å²) in [6.07, 6.45) is 1.55. The molecule has 2 heterocycles. The zero-order valence-corrected chi connectivity index (χ0v) is 9.78. The molecule has 0 radical (unpaired) electrons. The minimum Gasteiger partial charge on any atom is -0.269 e. The summed E-state index contributed by atoms with van der Waals surface area (Å²) in [5.74, 6) is -4.25. The molecule has 0 aromatic carbocycles. The lowest BCUT2D eigenvalue weighted by molar-refractivity contribution is -0.140. The molecule has 0 bridgehead atoms. The van der Waals surface area contributed by atoms with E-state index in [4.69, 9.17) is 10.5 Å². The molecule has 20 heavy (non-hydrogen) atoms. The lowest BCUT2D eigenvalue weighted by Gasteiger charge is -2.23. The second-order valence-corrected chi connectivity index (χ2v) is 3.71. The minimum atomic E-state index is -0.978. The van der Waals surface area contributed by atoms with Gasteiger partial charge in [-0.15, -0.1) is 0 Å². The summed E-state index contributed by atoms with van der Waals surface area (Å²) in [5.41, 5.74) is -0.854. The lowest BCUT2D eigenvalue weighted by atomic mass is 10.3. The smallest absolute Gasteiger partial charge is 0.269 e. The first-order chi connectivity index (χ1) is 9.42. The predicted molar refractivity (Wildman–Crippen MR) is 60.2 cm³/mol. The molecule has 96 valence electrons. The molecular weight excluding hydrogens is 264 g/mol. The summed E-state index contributed by atoms with van der Waals surface area (Å²) in [7, 11) is 0. The van der Waals surface area contributed by atoms with Crippen molar-refractivity contribution in [2.75, 3.05) is 0 Å². The van der Waals surface area contributed by atoms with Crippen LogP contribution in [0.5, 0.6) is 0 Å². The summed E-state index contributed by atoms with van der Waals surface area (Å²) >= 11 is 0. The van der Waals surface area contributed by atoms with Crippen molar-refractivity contribution in [2.45, 2.75) is 0 Å². The number of nitrogens with zero attached hydrogens (tertiary/aromatic N) is 4. The maximum absolute atomic E-state index is 11.7. The van der Waals surface area contributed by atoms with Crippen molar-refractivity contribution in [1.29, 1.82) is 10.5 Å². The molecule has 0 saturated heterocycles. The molecule has 0 fully saturated rings. The Morgan fingerprint density at radius 1 is 0.900 bits per heavy atom. The number of hydrogen-bond donors (Lipinski definition) is 0. The van der Waals surface area contributed by atoms with E-state index >= 15 is 0 Å². The monoisotopic (exact) mass is 268 g/mol. The molecule has 2 aliphatic heterocycles. The molecule has 0 aliphatic carbocycles. The second kappa shape index (κ2) is 4.30. The highest BCUT2D eigenvalue weighted by molar-refractivity contribution is 6.23.